The summed E-state index contributed by atoms with van der Waals surface area (Å²) in [4.78, 5) is 10.8. The predicted octanol–water partition coefficient (Wildman–Crippen LogP) is 3.73. The lowest BCUT2D eigenvalue weighted by atomic mass is 9.88. The Morgan fingerprint density at radius 1 is 1.30 bits per heavy atom. The maximum atomic E-state index is 10.8. The molecule has 0 amide bonds. The molecule has 0 saturated heterocycles. The minimum Gasteiger partial charge on any atom is -0.480 e. The van der Waals surface area contributed by atoms with Gasteiger partial charge in [0.2, 0.25) is 0 Å². The number of thioether (sulfide) groups is 1. The van der Waals surface area contributed by atoms with Crippen LogP contribution in [0.25, 0.3) is 0 Å². The Morgan fingerprint density at radius 2 is 1.85 bits per heavy atom. The average molecular weight is 318 g/mol. The topological polar surface area (TPSA) is 63.3 Å². The highest BCUT2D eigenvalue weighted by molar-refractivity contribution is 7.99. The number of carbonyl (C=O) groups is 1. The summed E-state index contributed by atoms with van der Waals surface area (Å²) in [6, 6.07) is 9.42. The van der Waals surface area contributed by atoms with Crippen LogP contribution in [0.3, 0.4) is 0 Å². The number of aliphatic carboxylic acids is 1. The summed E-state index contributed by atoms with van der Waals surface area (Å²) in [5.74, 6) is -0.500. The van der Waals surface area contributed by atoms with E-state index in [2.05, 4.69) is 32.9 Å². The number of hydrogen-bond acceptors (Lipinski definition) is 3. The largest absolute Gasteiger partial charge is 0.480 e. The molecular weight excluding hydrogens is 294 g/mol. The van der Waals surface area contributed by atoms with E-state index >= 15 is 0 Å². The number of carboxylic acids is 1. The lowest BCUT2D eigenvalue weighted by molar-refractivity contribution is -0.137. The van der Waals surface area contributed by atoms with Gasteiger partial charge in [-0.25, -0.2) is 0 Å². The Kier molecular flexibility index (Phi) is 8.25. The second-order valence-corrected chi connectivity index (χ2v) is 7.18. The zero-order chi connectivity index (χ0) is 14.5. The van der Waals surface area contributed by atoms with Crippen molar-refractivity contribution in [3.05, 3.63) is 35.9 Å². The van der Waals surface area contributed by atoms with Crippen molar-refractivity contribution in [2.75, 3.05) is 5.75 Å². The Morgan fingerprint density at radius 3 is 2.30 bits per heavy atom. The van der Waals surface area contributed by atoms with Crippen LogP contribution in [-0.4, -0.2) is 22.9 Å². The number of hydrogen-bond donors (Lipinski definition) is 2. The second-order valence-electron chi connectivity index (χ2n) is 5.94. The standard InChI is InChI=1S/C15H23NO2S.ClH/c1-15(2,3)9-13(11-7-5-4-6-8-11)19-10-12(16)14(17)18;/h4-8,12-13H,9-10,16H2,1-3H3,(H,17,18);1H/t12-,13?;/m0./s1. The Labute approximate surface area is 131 Å². The highest BCUT2D eigenvalue weighted by atomic mass is 35.5. The third-order valence-corrected chi connectivity index (χ3v) is 4.16. The molecule has 1 aromatic carbocycles. The summed E-state index contributed by atoms with van der Waals surface area (Å²) in [6.45, 7) is 6.59. The third-order valence-electron chi connectivity index (χ3n) is 2.76. The summed E-state index contributed by atoms with van der Waals surface area (Å²) in [5.41, 5.74) is 7.02. The van der Waals surface area contributed by atoms with E-state index in [0.29, 0.717) is 5.75 Å². The maximum absolute atomic E-state index is 10.8. The molecule has 0 fully saturated rings. The van der Waals surface area contributed by atoms with E-state index < -0.39 is 12.0 Å². The van der Waals surface area contributed by atoms with E-state index in [9.17, 15) is 4.79 Å². The van der Waals surface area contributed by atoms with Crippen LogP contribution in [0.1, 0.15) is 38.0 Å². The normalized spacial score (nSPS) is 14.2. The van der Waals surface area contributed by atoms with Crippen molar-refractivity contribution in [1.82, 2.24) is 0 Å². The molecule has 1 rings (SSSR count). The van der Waals surface area contributed by atoms with Crippen LogP contribution >= 0.6 is 24.2 Å². The predicted molar refractivity (Wildman–Crippen MR) is 88.6 cm³/mol. The van der Waals surface area contributed by atoms with Crippen LogP contribution in [0.4, 0.5) is 0 Å². The zero-order valence-corrected chi connectivity index (χ0v) is 13.8. The number of nitrogens with two attached hydrogens (primary N) is 1. The van der Waals surface area contributed by atoms with E-state index in [4.69, 9.17) is 10.8 Å². The van der Waals surface area contributed by atoms with Crippen molar-refractivity contribution < 1.29 is 9.90 Å². The van der Waals surface area contributed by atoms with Gasteiger partial charge in [0.05, 0.1) is 0 Å². The van der Waals surface area contributed by atoms with Gasteiger partial charge in [0, 0.05) is 11.0 Å². The molecule has 0 saturated carbocycles. The molecule has 0 aliphatic carbocycles. The first-order chi connectivity index (χ1) is 8.79. The quantitative estimate of drug-likeness (QED) is 0.839. The fraction of sp³-hybridized carbons (Fsp3) is 0.533. The van der Waals surface area contributed by atoms with Crippen molar-refractivity contribution >= 4 is 30.1 Å². The Bertz CT molecular complexity index is 406. The molecule has 0 spiro atoms. The molecule has 0 heterocycles. The van der Waals surface area contributed by atoms with Gasteiger partial charge in [0.1, 0.15) is 6.04 Å². The number of rotatable bonds is 6. The van der Waals surface area contributed by atoms with Crippen LogP contribution in [0.5, 0.6) is 0 Å². The molecule has 0 aliphatic rings. The molecule has 2 atom stereocenters. The summed E-state index contributed by atoms with van der Waals surface area (Å²) < 4.78 is 0. The molecule has 3 nitrogen and oxygen atoms in total. The average Bonchev–Trinajstić information content (AvgIpc) is 2.33. The number of benzene rings is 1. The minimum atomic E-state index is -0.935. The van der Waals surface area contributed by atoms with Crippen LogP contribution in [0, 0.1) is 5.41 Å². The highest BCUT2D eigenvalue weighted by Gasteiger charge is 2.22. The Balaban J connectivity index is 0.00000361. The number of halogens is 1. The molecule has 20 heavy (non-hydrogen) atoms. The summed E-state index contributed by atoms with van der Waals surface area (Å²) in [6.07, 6.45) is 0.994. The molecule has 0 bridgehead atoms. The van der Waals surface area contributed by atoms with Gasteiger partial charge < -0.3 is 10.8 Å². The molecule has 5 heteroatoms. The maximum Gasteiger partial charge on any atom is 0.321 e. The van der Waals surface area contributed by atoms with Gasteiger partial charge >= 0.3 is 5.97 Å². The van der Waals surface area contributed by atoms with Gasteiger partial charge in [-0.1, -0.05) is 51.1 Å². The van der Waals surface area contributed by atoms with Gasteiger partial charge in [0.25, 0.3) is 0 Å². The third kappa shape index (κ3) is 7.17. The molecule has 114 valence electrons. The van der Waals surface area contributed by atoms with Crippen molar-refractivity contribution in [3.8, 4) is 0 Å². The van der Waals surface area contributed by atoms with Crippen molar-refractivity contribution in [2.24, 2.45) is 11.1 Å². The SMILES string of the molecule is CC(C)(C)CC(SC[C@H](N)C(=O)O)c1ccccc1.Cl. The van der Waals surface area contributed by atoms with Crippen LogP contribution in [0.2, 0.25) is 0 Å². The molecule has 0 radical (unpaired) electrons. The van der Waals surface area contributed by atoms with E-state index in [1.807, 2.05) is 18.2 Å². The fourth-order valence-electron chi connectivity index (χ4n) is 1.79. The van der Waals surface area contributed by atoms with Crippen LogP contribution < -0.4 is 5.73 Å². The van der Waals surface area contributed by atoms with Gasteiger partial charge in [0.15, 0.2) is 0 Å². The molecule has 1 unspecified atom stereocenters. The van der Waals surface area contributed by atoms with Crippen molar-refractivity contribution in [1.29, 1.82) is 0 Å². The molecule has 3 N–H and O–H groups in total. The summed E-state index contributed by atoms with van der Waals surface area (Å²) in [7, 11) is 0. The van der Waals surface area contributed by atoms with Gasteiger partial charge in [-0.05, 0) is 17.4 Å². The fourth-order valence-corrected chi connectivity index (χ4v) is 3.34. The Hall–Kier alpha value is -0.710. The molecule has 1 aromatic rings. The zero-order valence-electron chi connectivity index (χ0n) is 12.2. The lowest BCUT2D eigenvalue weighted by Crippen LogP contribution is -2.32. The van der Waals surface area contributed by atoms with E-state index in [1.54, 1.807) is 11.8 Å². The monoisotopic (exact) mass is 317 g/mol. The van der Waals surface area contributed by atoms with Crippen molar-refractivity contribution in [3.63, 3.8) is 0 Å². The highest BCUT2D eigenvalue weighted by Crippen LogP contribution is 2.39. The summed E-state index contributed by atoms with van der Waals surface area (Å²) in [5, 5.41) is 9.14. The van der Waals surface area contributed by atoms with Crippen LogP contribution in [0.15, 0.2) is 30.3 Å². The van der Waals surface area contributed by atoms with E-state index in [-0.39, 0.29) is 23.1 Å². The first-order valence-electron chi connectivity index (χ1n) is 6.44. The molecule has 0 aromatic heterocycles. The first kappa shape index (κ1) is 19.3. The smallest absolute Gasteiger partial charge is 0.321 e. The second kappa shape index (κ2) is 8.55. The first-order valence-corrected chi connectivity index (χ1v) is 7.49. The van der Waals surface area contributed by atoms with Gasteiger partial charge in [-0.3, -0.25) is 4.79 Å². The lowest BCUT2D eigenvalue weighted by Gasteiger charge is -2.26. The molecular formula is C15H24ClNO2S. The molecule has 0 aliphatic heterocycles. The van der Waals surface area contributed by atoms with E-state index in [1.165, 1.54) is 5.56 Å². The minimum absolute atomic E-state index is 0. The van der Waals surface area contributed by atoms with Crippen LogP contribution in [-0.2, 0) is 4.79 Å². The number of carboxylic acid groups (broad SMARTS) is 1. The summed E-state index contributed by atoms with van der Waals surface area (Å²) >= 11 is 1.63. The van der Waals surface area contributed by atoms with Crippen molar-refractivity contribution in [2.45, 2.75) is 38.5 Å². The van der Waals surface area contributed by atoms with Gasteiger partial charge in [-0.15, -0.1) is 12.4 Å². The van der Waals surface area contributed by atoms with Gasteiger partial charge in [-0.2, -0.15) is 11.8 Å². The van der Waals surface area contributed by atoms with E-state index in [0.717, 1.165) is 6.42 Å².